The Morgan fingerprint density at radius 1 is 1.15 bits per heavy atom. The molecular weight excluding hydrogens is 256 g/mol. The summed E-state index contributed by atoms with van der Waals surface area (Å²) in [6.45, 7) is 4.10. The van der Waals surface area contributed by atoms with Gasteiger partial charge in [-0.3, -0.25) is 4.79 Å². The number of hydrogen-bond donors (Lipinski definition) is 1. The van der Waals surface area contributed by atoms with Crippen molar-refractivity contribution in [2.24, 2.45) is 5.92 Å². The van der Waals surface area contributed by atoms with Crippen LogP contribution in [0.3, 0.4) is 0 Å². The molecule has 20 heavy (non-hydrogen) atoms. The number of benzene rings is 1. The largest absolute Gasteiger partial charge is 0.481 e. The lowest BCUT2D eigenvalue weighted by atomic mass is 10.1. The van der Waals surface area contributed by atoms with Crippen molar-refractivity contribution >= 4 is 5.97 Å². The first kappa shape index (κ1) is 16.7. The van der Waals surface area contributed by atoms with Crippen molar-refractivity contribution in [3.8, 4) is 0 Å². The maximum atomic E-state index is 10.8. The van der Waals surface area contributed by atoms with Crippen molar-refractivity contribution in [1.82, 2.24) is 0 Å². The molecule has 0 aromatic heterocycles. The summed E-state index contributed by atoms with van der Waals surface area (Å²) in [4.78, 5) is 10.8. The number of rotatable bonds is 11. The molecule has 4 heteroatoms. The van der Waals surface area contributed by atoms with E-state index in [4.69, 9.17) is 14.6 Å². The normalized spacial score (nSPS) is 12.2. The van der Waals surface area contributed by atoms with Gasteiger partial charge in [-0.15, -0.1) is 0 Å². The van der Waals surface area contributed by atoms with Gasteiger partial charge in [0.1, 0.15) is 0 Å². The summed E-state index contributed by atoms with van der Waals surface area (Å²) < 4.78 is 10.9. The van der Waals surface area contributed by atoms with E-state index in [1.54, 1.807) is 0 Å². The monoisotopic (exact) mass is 280 g/mol. The number of aliphatic carboxylic acids is 1. The van der Waals surface area contributed by atoms with Gasteiger partial charge in [0.05, 0.1) is 19.1 Å². The number of unbranched alkanes of at least 4 members (excludes halogenated alkanes) is 1. The van der Waals surface area contributed by atoms with E-state index < -0.39 is 5.97 Å². The maximum absolute atomic E-state index is 10.8. The molecule has 1 rings (SSSR count). The van der Waals surface area contributed by atoms with Gasteiger partial charge in [-0.1, -0.05) is 37.3 Å². The molecule has 0 spiro atoms. The minimum atomic E-state index is -0.779. The zero-order valence-corrected chi connectivity index (χ0v) is 12.1. The predicted molar refractivity (Wildman–Crippen MR) is 77.6 cm³/mol. The van der Waals surface area contributed by atoms with Gasteiger partial charge in [-0.25, -0.2) is 0 Å². The van der Waals surface area contributed by atoms with E-state index in [1.165, 1.54) is 5.56 Å². The summed E-state index contributed by atoms with van der Waals surface area (Å²) in [5, 5.41) is 8.85. The number of carboxylic acids is 1. The van der Waals surface area contributed by atoms with E-state index in [9.17, 15) is 4.79 Å². The molecule has 0 aliphatic rings. The standard InChI is InChI=1S/C16H24O4/c1-2-15(16(17)18)13-20-11-7-6-10-19-12-14-8-4-3-5-9-14/h3-5,8-9,15H,2,6-7,10-13H2,1H3,(H,17,18). The SMILES string of the molecule is CCC(COCCCCOCc1ccccc1)C(=O)O. The third-order valence-electron chi connectivity index (χ3n) is 3.10. The van der Waals surface area contributed by atoms with E-state index in [2.05, 4.69) is 0 Å². The summed E-state index contributed by atoms with van der Waals surface area (Å²) in [5.41, 5.74) is 1.18. The highest BCUT2D eigenvalue weighted by Gasteiger charge is 2.14. The first-order valence-corrected chi connectivity index (χ1v) is 7.16. The quantitative estimate of drug-likeness (QED) is 0.633. The fourth-order valence-corrected chi connectivity index (χ4v) is 1.76. The molecule has 0 fully saturated rings. The fourth-order valence-electron chi connectivity index (χ4n) is 1.76. The van der Waals surface area contributed by atoms with E-state index in [0.29, 0.717) is 32.8 Å². The van der Waals surface area contributed by atoms with Crippen molar-refractivity contribution in [3.05, 3.63) is 35.9 Å². The van der Waals surface area contributed by atoms with Crippen molar-refractivity contribution < 1.29 is 19.4 Å². The average molecular weight is 280 g/mol. The number of hydrogen-bond acceptors (Lipinski definition) is 3. The Morgan fingerprint density at radius 2 is 1.80 bits per heavy atom. The summed E-state index contributed by atoms with van der Waals surface area (Å²) in [6, 6.07) is 10.1. The highest BCUT2D eigenvalue weighted by Crippen LogP contribution is 2.05. The van der Waals surface area contributed by atoms with Crippen LogP contribution in [-0.4, -0.2) is 30.9 Å². The highest BCUT2D eigenvalue weighted by atomic mass is 16.5. The molecule has 0 saturated carbocycles. The molecule has 0 radical (unpaired) electrons. The molecule has 0 saturated heterocycles. The third kappa shape index (κ3) is 7.26. The minimum absolute atomic E-state index is 0.302. The van der Waals surface area contributed by atoms with Crippen LogP contribution in [0.4, 0.5) is 0 Å². The first-order chi connectivity index (χ1) is 9.74. The van der Waals surface area contributed by atoms with Crippen LogP contribution in [0.15, 0.2) is 30.3 Å². The Morgan fingerprint density at radius 3 is 2.40 bits per heavy atom. The molecule has 1 N–H and O–H groups in total. The lowest BCUT2D eigenvalue weighted by Gasteiger charge is -2.10. The molecule has 0 aliphatic carbocycles. The van der Waals surface area contributed by atoms with E-state index in [0.717, 1.165) is 12.8 Å². The van der Waals surface area contributed by atoms with Crippen LogP contribution in [0.2, 0.25) is 0 Å². The second kappa shape index (κ2) is 10.4. The second-order valence-corrected chi connectivity index (χ2v) is 4.76. The van der Waals surface area contributed by atoms with Crippen LogP contribution in [0.1, 0.15) is 31.7 Å². The van der Waals surface area contributed by atoms with Gasteiger partial charge in [0.15, 0.2) is 0 Å². The second-order valence-electron chi connectivity index (χ2n) is 4.76. The summed E-state index contributed by atoms with van der Waals surface area (Å²) >= 11 is 0. The zero-order chi connectivity index (χ0) is 14.6. The van der Waals surface area contributed by atoms with Crippen LogP contribution in [-0.2, 0) is 20.9 Å². The van der Waals surface area contributed by atoms with Gasteiger partial charge in [-0.05, 0) is 24.8 Å². The minimum Gasteiger partial charge on any atom is -0.481 e. The van der Waals surface area contributed by atoms with Crippen molar-refractivity contribution in [3.63, 3.8) is 0 Å². The van der Waals surface area contributed by atoms with Gasteiger partial charge >= 0.3 is 5.97 Å². The molecule has 0 aliphatic heterocycles. The van der Waals surface area contributed by atoms with Gasteiger partial charge in [0.2, 0.25) is 0 Å². The van der Waals surface area contributed by atoms with Crippen molar-refractivity contribution in [1.29, 1.82) is 0 Å². The molecule has 0 amide bonds. The summed E-state index contributed by atoms with van der Waals surface area (Å²) in [5.74, 6) is -1.16. The molecule has 0 bridgehead atoms. The van der Waals surface area contributed by atoms with Gasteiger partial charge in [0.25, 0.3) is 0 Å². The maximum Gasteiger partial charge on any atom is 0.308 e. The zero-order valence-electron chi connectivity index (χ0n) is 12.1. The van der Waals surface area contributed by atoms with Crippen LogP contribution < -0.4 is 0 Å². The highest BCUT2D eigenvalue weighted by molar-refractivity contribution is 5.69. The number of carboxylic acid groups (broad SMARTS) is 1. The Hall–Kier alpha value is -1.39. The molecule has 4 nitrogen and oxygen atoms in total. The van der Waals surface area contributed by atoms with Crippen LogP contribution in [0.25, 0.3) is 0 Å². The molecule has 1 unspecified atom stereocenters. The molecule has 1 aromatic carbocycles. The molecule has 0 heterocycles. The summed E-state index contributed by atoms with van der Waals surface area (Å²) in [7, 11) is 0. The Balaban J connectivity index is 1.94. The lowest BCUT2D eigenvalue weighted by molar-refractivity contribution is -0.144. The van der Waals surface area contributed by atoms with Crippen molar-refractivity contribution in [2.45, 2.75) is 32.8 Å². The van der Waals surface area contributed by atoms with Gasteiger partial charge < -0.3 is 14.6 Å². The Labute approximate surface area is 120 Å². The first-order valence-electron chi connectivity index (χ1n) is 7.16. The number of carbonyl (C=O) groups is 1. The summed E-state index contributed by atoms with van der Waals surface area (Å²) in [6.07, 6.45) is 2.43. The number of ether oxygens (including phenoxy) is 2. The van der Waals surface area contributed by atoms with Crippen LogP contribution >= 0.6 is 0 Å². The van der Waals surface area contributed by atoms with Gasteiger partial charge in [0, 0.05) is 13.2 Å². The smallest absolute Gasteiger partial charge is 0.308 e. The van der Waals surface area contributed by atoms with E-state index >= 15 is 0 Å². The lowest BCUT2D eigenvalue weighted by Crippen LogP contribution is -2.19. The van der Waals surface area contributed by atoms with Crippen molar-refractivity contribution in [2.75, 3.05) is 19.8 Å². The molecule has 112 valence electrons. The Bertz CT molecular complexity index is 364. The average Bonchev–Trinajstić information content (AvgIpc) is 2.46. The molecule has 1 aromatic rings. The van der Waals surface area contributed by atoms with Crippen LogP contribution in [0.5, 0.6) is 0 Å². The van der Waals surface area contributed by atoms with Gasteiger partial charge in [-0.2, -0.15) is 0 Å². The Kier molecular flexibility index (Phi) is 8.67. The third-order valence-corrected chi connectivity index (χ3v) is 3.10. The topological polar surface area (TPSA) is 55.8 Å². The predicted octanol–water partition coefficient (Wildman–Crippen LogP) is 3.11. The van der Waals surface area contributed by atoms with Crippen LogP contribution in [0, 0.1) is 5.92 Å². The van der Waals surface area contributed by atoms with E-state index in [-0.39, 0.29) is 5.92 Å². The fraction of sp³-hybridized carbons (Fsp3) is 0.562. The molecular formula is C16H24O4. The van der Waals surface area contributed by atoms with E-state index in [1.807, 2.05) is 37.3 Å². The molecule has 1 atom stereocenters.